The number of amides is 1. The first-order valence-electron chi connectivity index (χ1n) is 6.24. The molecule has 0 radical (unpaired) electrons. The molecule has 0 saturated carbocycles. The molecule has 0 aliphatic heterocycles. The van der Waals surface area contributed by atoms with Crippen LogP contribution in [-0.2, 0) is 0 Å². The van der Waals surface area contributed by atoms with Gasteiger partial charge in [0, 0.05) is 18.9 Å². The summed E-state index contributed by atoms with van der Waals surface area (Å²) in [5.41, 5.74) is 0.819. The van der Waals surface area contributed by atoms with Crippen LogP contribution in [0.25, 0.3) is 11.0 Å². The molecular formula is C14H17N3O2. The van der Waals surface area contributed by atoms with Crippen molar-refractivity contribution in [3.63, 3.8) is 0 Å². The van der Waals surface area contributed by atoms with Crippen molar-refractivity contribution in [2.75, 3.05) is 6.54 Å². The molecular weight excluding hydrogens is 242 g/mol. The number of rotatable bonds is 4. The Balaban J connectivity index is 2.23. The van der Waals surface area contributed by atoms with Crippen LogP contribution >= 0.6 is 0 Å². The van der Waals surface area contributed by atoms with Crippen LogP contribution in [0.15, 0.2) is 30.6 Å². The first-order valence-corrected chi connectivity index (χ1v) is 6.24. The number of aromatic nitrogens is 2. The number of benzene rings is 1. The highest BCUT2D eigenvalue weighted by atomic mass is 16.3. The first-order chi connectivity index (χ1) is 9.03. The van der Waals surface area contributed by atoms with Crippen LogP contribution in [0.4, 0.5) is 0 Å². The van der Waals surface area contributed by atoms with Crippen molar-refractivity contribution in [3.8, 4) is 0 Å². The Morgan fingerprint density at radius 2 is 2.11 bits per heavy atom. The fourth-order valence-electron chi connectivity index (χ4n) is 1.67. The molecule has 2 N–H and O–H groups in total. The van der Waals surface area contributed by atoms with Gasteiger partial charge in [-0.25, -0.2) is 0 Å². The molecule has 100 valence electrons. The third-order valence-electron chi connectivity index (χ3n) is 3.13. The van der Waals surface area contributed by atoms with Crippen molar-refractivity contribution in [1.29, 1.82) is 0 Å². The third kappa shape index (κ3) is 3.06. The Labute approximate surface area is 111 Å². The Bertz CT molecular complexity index is 591. The smallest absolute Gasteiger partial charge is 0.253 e. The van der Waals surface area contributed by atoms with E-state index < -0.39 is 5.60 Å². The van der Waals surface area contributed by atoms with E-state index in [4.69, 9.17) is 0 Å². The molecule has 1 aromatic carbocycles. The standard InChI is InChI=1S/C14H17N3O2/c1-3-14(2,19)9-17-13(18)10-5-4-6-11-12(10)16-8-7-15-11/h4-8,19H,3,9H2,1-2H3,(H,17,18). The van der Waals surface area contributed by atoms with Crippen LogP contribution in [-0.4, -0.2) is 33.1 Å². The molecule has 0 saturated heterocycles. The quantitative estimate of drug-likeness (QED) is 0.873. The van der Waals surface area contributed by atoms with E-state index in [0.717, 1.165) is 0 Å². The van der Waals surface area contributed by atoms with Gasteiger partial charge in [0.2, 0.25) is 0 Å². The summed E-state index contributed by atoms with van der Waals surface area (Å²) in [5, 5.41) is 12.6. The molecule has 1 aromatic heterocycles. The van der Waals surface area contributed by atoms with Gasteiger partial charge in [-0.3, -0.25) is 14.8 Å². The van der Waals surface area contributed by atoms with Crippen molar-refractivity contribution < 1.29 is 9.90 Å². The number of aliphatic hydroxyl groups is 1. The van der Waals surface area contributed by atoms with Gasteiger partial charge in [-0.05, 0) is 25.5 Å². The first kappa shape index (κ1) is 13.4. The molecule has 19 heavy (non-hydrogen) atoms. The van der Waals surface area contributed by atoms with E-state index in [0.29, 0.717) is 23.0 Å². The maximum atomic E-state index is 12.1. The Morgan fingerprint density at radius 1 is 1.37 bits per heavy atom. The monoisotopic (exact) mass is 259 g/mol. The summed E-state index contributed by atoms with van der Waals surface area (Å²) in [4.78, 5) is 20.5. The number of carbonyl (C=O) groups is 1. The highest BCUT2D eigenvalue weighted by Crippen LogP contribution is 2.14. The number of nitrogens with one attached hydrogen (secondary N) is 1. The van der Waals surface area contributed by atoms with E-state index >= 15 is 0 Å². The van der Waals surface area contributed by atoms with Crippen LogP contribution in [0.2, 0.25) is 0 Å². The number of para-hydroxylation sites is 1. The Hall–Kier alpha value is -2.01. The van der Waals surface area contributed by atoms with Gasteiger partial charge in [0.15, 0.2) is 0 Å². The van der Waals surface area contributed by atoms with E-state index in [9.17, 15) is 9.90 Å². The lowest BCUT2D eigenvalue weighted by Gasteiger charge is -2.21. The topological polar surface area (TPSA) is 75.1 Å². The number of nitrogens with zero attached hydrogens (tertiary/aromatic N) is 2. The minimum Gasteiger partial charge on any atom is -0.388 e. The van der Waals surface area contributed by atoms with E-state index in [2.05, 4.69) is 15.3 Å². The zero-order chi connectivity index (χ0) is 13.9. The molecule has 2 rings (SSSR count). The molecule has 2 aromatic rings. The van der Waals surface area contributed by atoms with Gasteiger partial charge in [-0.1, -0.05) is 13.0 Å². The van der Waals surface area contributed by atoms with E-state index in [1.165, 1.54) is 0 Å². The molecule has 0 aliphatic carbocycles. The van der Waals surface area contributed by atoms with Crippen molar-refractivity contribution >= 4 is 16.9 Å². The summed E-state index contributed by atoms with van der Waals surface area (Å²) in [6.45, 7) is 3.77. The molecule has 0 aliphatic rings. The fourth-order valence-corrected chi connectivity index (χ4v) is 1.67. The number of carbonyl (C=O) groups excluding carboxylic acids is 1. The third-order valence-corrected chi connectivity index (χ3v) is 3.13. The van der Waals surface area contributed by atoms with Gasteiger partial charge < -0.3 is 10.4 Å². The Kier molecular flexibility index (Phi) is 3.76. The molecule has 0 fully saturated rings. The van der Waals surface area contributed by atoms with Gasteiger partial charge in [-0.2, -0.15) is 0 Å². The molecule has 5 nitrogen and oxygen atoms in total. The summed E-state index contributed by atoms with van der Waals surface area (Å²) < 4.78 is 0. The van der Waals surface area contributed by atoms with Crippen LogP contribution in [0, 0.1) is 0 Å². The maximum Gasteiger partial charge on any atom is 0.253 e. The SMILES string of the molecule is CCC(C)(O)CNC(=O)c1cccc2nccnc12. The summed E-state index contributed by atoms with van der Waals surface area (Å²) in [7, 11) is 0. The van der Waals surface area contributed by atoms with Crippen molar-refractivity contribution in [2.45, 2.75) is 25.9 Å². The average molecular weight is 259 g/mol. The van der Waals surface area contributed by atoms with Gasteiger partial charge in [-0.15, -0.1) is 0 Å². The lowest BCUT2D eigenvalue weighted by molar-refractivity contribution is 0.0519. The second-order valence-corrected chi connectivity index (χ2v) is 4.76. The number of hydrogen-bond acceptors (Lipinski definition) is 4. The summed E-state index contributed by atoms with van der Waals surface area (Å²) in [5.74, 6) is -0.250. The summed E-state index contributed by atoms with van der Waals surface area (Å²) in [6, 6.07) is 5.28. The molecule has 1 amide bonds. The molecule has 1 unspecified atom stereocenters. The van der Waals surface area contributed by atoms with E-state index in [-0.39, 0.29) is 12.5 Å². The average Bonchev–Trinajstić information content (AvgIpc) is 2.44. The minimum absolute atomic E-state index is 0.207. The van der Waals surface area contributed by atoms with Crippen molar-refractivity contribution in [2.24, 2.45) is 0 Å². The minimum atomic E-state index is -0.897. The molecule has 1 heterocycles. The molecule has 1 atom stereocenters. The van der Waals surface area contributed by atoms with E-state index in [1.807, 2.05) is 6.92 Å². The Morgan fingerprint density at radius 3 is 2.84 bits per heavy atom. The zero-order valence-electron chi connectivity index (χ0n) is 11.1. The van der Waals surface area contributed by atoms with Crippen molar-refractivity contribution in [1.82, 2.24) is 15.3 Å². The highest BCUT2D eigenvalue weighted by molar-refractivity contribution is 6.04. The van der Waals surface area contributed by atoms with Crippen LogP contribution < -0.4 is 5.32 Å². The normalized spacial score (nSPS) is 14.1. The second-order valence-electron chi connectivity index (χ2n) is 4.76. The van der Waals surface area contributed by atoms with Crippen LogP contribution in [0.1, 0.15) is 30.6 Å². The van der Waals surface area contributed by atoms with Gasteiger partial charge in [0.1, 0.15) is 5.52 Å². The van der Waals surface area contributed by atoms with Gasteiger partial charge >= 0.3 is 0 Å². The fraction of sp³-hybridized carbons (Fsp3) is 0.357. The predicted octanol–water partition coefficient (Wildman–Crippen LogP) is 1.52. The van der Waals surface area contributed by atoms with E-state index in [1.54, 1.807) is 37.5 Å². The lowest BCUT2D eigenvalue weighted by atomic mass is 10.0. The number of fused-ring (bicyclic) bond motifs is 1. The summed E-state index contributed by atoms with van der Waals surface area (Å²) >= 11 is 0. The largest absolute Gasteiger partial charge is 0.388 e. The van der Waals surface area contributed by atoms with Crippen LogP contribution in [0.3, 0.4) is 0 Å². The predicted molar refractivity (Wildman–Crippen MR) is 72.8 cm³/mol. The number of hydrogen-bond donors (Lipinski definition) is 2. The van der Waals surface area contributed by atoms with Crippen molar-refractivity contribution in [3.05, 3.63) is 36.2 Å². The lowest BCUT2D eigenvalue weighted by Crippen LogP contribution is -2.40. The maximum absolute atomic E-state index is 12.1. The molecule has 0 bridgehead atoms. The zero-order valence-corrected chi connectivity index (χ0v) is 11.1. The molecule has 5 heteroatoms. The summed E-state index contributed by atoms with van der Waals surface area (Å²) in [6.07, 6.45) is 3.72. The van der Waals surface area contributed by atoms with Gasteiger partial charge in [0.25, 0.3) is 5.91 Å². The molecule has 0 spiro atoms. The second kappa shape index (κ2) is 5.32. The highest BCUT2D eigenvalue weighted by Gasteiger charge is 2.19. The van der Waals surface area contributed by atoms with Gasteiger partial charge in [0.05, 0.1) is 16.7 Å². The van der Waals surface area contributed by atoms with Crippen LogP contribution in [0.5, 0.6) is 0 Å².